The van der Waals surface area contributed by atoms with Crippen molar-refractivity contribution in [3.63, 3.8) is 0 Å². The molecule has 0 saturated carbocycles. The number of ether oxygens (including phenoxy) is 1. The lowest BCUT2D eigenvalue weighted by molar-refractivity contribution is 0.198. The van der Waals surface area contributed by atoms with Crippen LogP contribution in [0.2, 0.25) is 0 Å². The number of fused-ring (bicyclic) bond motifs is 2. The topological polar surface area (TPSA) is 62.8 Å². The molecule has 30 heavy (non-hydrogen) atoms. The van der Waals surface area contributed by atoms with Crippen molar-refractivity contribution in [1.29, 1.82) is 0 Å². The van der Waals surface area contributed by atoms with Gasteiger partial charge in [-0.15, -0.1) is 0 Å². The molecule has 2 heterocycles. The summed E-state index contributed by atoms with van der Waals surface area (Å²) in [6, 6.07) is 17.7. The molecule has 2 N–H and O–H groups in total. The van der Waals surface area contributed by atoms with Gasteiger partial charge < -0.3 is 15.0 Å². The van der Waals surface area contributed by atoms with Crippen LogP contribution in [0.25, 0.3) is 22.3 Å². The lowest BCUT2D eigenvalue weighted by Gasteiger charge is -2.11. The van der Waals surface area contributed by atoms with E-state index in [4.69, 9.17) is 4.74 Å². The first-order chi connectivity index (χ1) is 14.8. The van der Waals surface area contributed by atoms with Gasteiger partial charge in [0, 0.05) is 43.1 Å². The second-order valence-electron chi connectivity index (χ2n) is 7.95. The summed E-state index contributed by atoms with van der Waals surface area (Å²) in [5, 5.41) is 4.58. The molecule has 0 amide bonds. The number of aromatic nitrogens is 3. The van der Waals surface area contributed by atoms with Gasteiger partial charge in [-0.25, -0.2) is 9.97 Å². The Morgan fingerprint density at radius 2 is 2.00 bits per heavy atom. The van der Waals surface area contributed by atoms with Gasteiger partial charge in [0.1, 0.15) is 12.0 Å². The standard InChI is InChI=1S/C25H26N4O/c1-30-11-3-9-26-22-7-6-18-13-20(14-21(18)15-22)17-4-2-5-19(12-17)24-23-8-10-27-25(23)29-16-28-24/h2,4-8,10,12,15-16,20,26H,3,9,11,13-14H2,1H3,(H,27,28,29). The highest BCUT2D eigenvalue weighted by Gasteiger charge is 2.23. The Labute approximate surface area is 176 Å². The van der Waals surface area contributed by atoms with Crippen LogP contribution >= 0.6 is 0 Å². The number of H-pyrrole nitrogens is 1. The summed E-state index contributed by atoms with van der Waals surface area (Å²) in [6.07, 6.45) is 6.73. The van der Waals surface area contributed by atoms with Crippen molar-refractivity contribution >= 4 is 16.7 Å². The van der Waals surface area contributed by atoms with Crippen LogP contribution in [0.3, 0.4) is 0 Å². The van der Waals surface area contributed by atoms with E-state index < -0.39 is 0 Å². The summed E-state index contributed by atoms with van der Waals surface area (Å²) < 4.78 is 5.13. The monoisotopic (exact) mass is 398 g/mol. The summed E-state index contributed by atoms with van der Waals surface area (Å²) in [4.78, 5) is 12.1. The minimum atomic E-state index is 0.507. The van der Waals surface area contributed by atoms with Crippen molar-refractivity contribution in [3.8, 4) is 11.3 Å². The number of benzene rings is 2. The van der Waals surface area contributed by atoms with E-state index >= 15 is 0 Å². The first kappa shape index (κ1) is 18.8. The molecule has 4 aromatic rings. The molecule has 0 aliphatic heterocycles. The molecule has 5 nitrogen and oxygen atoms in total. The second kappa shape index (κ2) is 8.28. The highest BCUT2D eigenvalue weighted by molar-refractivity contribution is 5.90. The van der Waals surface area contributed by atoms with Gasteiger partial charge >= 0.3 is 0 Å². The Bertz CT molecular complexity index is 1170. The third kappa shape index (κ3) is 3.68. The van der Waals surface area contributed by atoms with Crippen molar-refractivity contribution in [1.82, 2.24) is 15.0 Å². The molecule has 1 aliphatic carbocycles. The van der Waals surface area contributed by atoms with Gasteiger partial charge in [0.05, 0.1) is 5.69 Å². The zero-order valence-electron chi connectivity index (χ0n) is 17.2. The normalized spacial score (nSPS) is 15.4. The minimum absolute atomic E-state index is 0.507. The average molecular weight is 399 g/mol. The number of nitrogens with one attached hydrogen (secondary N) is 2. The van der Waals surface area contributed by atoms with Crippen molar-refractivity contribution < 1.29 is 4.74 Å². The van der Waals surface area contributed by atoms with Crippen LogP contribution in [0.1, 0.15) is 29.0 Å². The molecule has 1 atom stereocenters. The Hall–Kier alpha value is -3.18. The average Bonchev–Trinajstić information content (AvgIpc) is 3.43. The smallest absolute Gasteiger partial charge is 0.141 e. The Kier molecular flexibility index (Phi) is 5.20. The zero-order chi connectivity index (χ0) is 20.3. The number of anilines is 1. The molecule has 152 valence electrons. The molecular weight excluding hydrogens is 372 g/mol. The summed E-state index contributed by atoms with van der Waals surface area (Å²) in [5.41, 5.74) is 8.51. The number of aromatic amines is 1. The SMILES string of the molecule is COCCCNc1ccc2c(c1)CC(c1cccc(-c3ncnc4[nH]ccc34)c1)C2. The van der Waals surface area contributed by atoms with Crippen molar-refractivity contribution in [2.45, 2.75) is 25.2 Å². The van der Waals surface area contributed by atoms with Crippen LogP contribution in [-0.2, 0) is 17.6 Å². The third-order valence-corrected chi connectivity index (χ3v) is 5.98. The number of methoxy groups -OCH3 is 1. The van der Waals surface area contributed by atoms with Gasteiger partial charge in [-0.1, -0.05) is 24.3 Å². The number of nitrogens with zero attached hydrogens (tertiary/aromatic N) is 2. The van der Waals surface area contributed by atoms with Crippen LogP contribution in [0.4, 0.5) is 5.69 Å². The van der Waals surface area contributed by atoms with Crippen LogP contribution in [0.15, 0.2) is 61.1 Å². The van der Waals surface area contributed by atoms with Gasteiger partial charge in [0.2, 0.25) is 0 Å². The molecule has 5 heteroatoms. The molecule has 2 aromatic carbocycles. The third-order valence-electron chi connectivity index (χ3n) is 5.98. The van der Waals surface area contributed by atoms with Crippen LogP contribution in [0, 0.1) is 0 Å². The lowest BCUT2D eigenvalue weighted by Crippen LogP contribution is -2.04. The van der Waals surface area contributed by atoms with Gasteiger partial charge in [0.15, 0.2) is 0 Å². The molecular formula is C25H26N4O. The fraction of sp³-hybridized carbons (Fsp3) is 0.280. The summed E-state index contributed by atoms with van der Waals surface area (Å²) in [7, 11) is 1.75. The van der Waals surface area contributed by atoms with E-state index in [0.29, 0.717) is 5.92 Å². The van der Waals surface area contributed by atoms with Gasteiger partial charge in [-0.05, 0) is 66.1 Å². The number of hydrogen-bond acceptors (Lipinski definition) is 4. The van der Waals surface area contributed by atoms with Crippen molar-refractivity contribution in [2.75, 3.05) is 25.6 Å². The molecule has 5 rings (SSSR count). The fourth-order valence-electron chi connectivity index (χ4n) is 4.46. The molecule has 1 aliphatic rings. The number of rotatable bonds is 7. The van der Waals surface area contributed by atoms with Gasteiger partial charge in [0.25, 0.3) is 0 Å². The summed E-state index contributed by atoms with van der Waals surface area (Å²) >= 11 is 0. The first-order valence-electron chi connectivity index (χ1n) is 10.5. The van der Waals surface area contributed by atoms with Gasteiger partial charge in [-0.2, -0.15) is 0 Å². The Morgan fingerprint density at radius 1 is 1.07 bits per heavy atom. The van der Waals surface area contributed by atoms with Crippen molar-refractivity contribution in [3.05, 3.63) is 77.7 Å². The van der Waals surface area contributed by atoms with E-state index in [9.17, 15) is 0 Å². The predicted octanol–water partition coefficient (Wildman–Crippen LogP) is 4.96. The van der Waals surface area contributed by atoms with Crippen molar-refractivity contribution in [2.24, 2.45) is 0 Å². The molecule has 0 radical (unpaired) electrons. The molecule has 0 fully saturated rings. The van der Waals surface area contributed by atoms with E-state index in [2.05, 4.69) is 62.7 Å². The Balaban J connectivity index is 1.35. The fourth-order valence-corrected chi connectivity index (χ4v) is 4.46. The van der Waals surface area contributed by atoms with Crippen LogP contribution in [0.5, 0.6) is 0 Å². The summed E-state index contributed by atoms with van der Waals surface area (Å²) in [6.45, 7) is 1.72. The second-order valence-corrected chi connectivity index (χ2v) is 7.95. The number of hydrogen-bond donors (Lipinski definition) is 2. The maximum absolute atomic E-state index is 5.13. The van der Waals surface area contributed by atoms with E-state index in [-0.39, 0.29) is 0 Å². The summed E-state index contributed by atoms with van der Waals surface area (Å²) in [5.74, 6) is 0.507. The lowest BCUT2D eigenvalue weighted by atomic mass is 9.93. The minimum Gasteiger partial charge on any atom is -0.385 e. The van der Waals surface area contributed by atoms with E-state index in [0.717, 1.165) is 54.7 Å². The molecule has 0 spiro atoms. The van der Waals surface area contributed by atoms with E-state index in [1.807, 2.05) is 12.3 Å². The molecule has 2 aromatic heterocycles. The largest absolute Gasteiger partial charge is 0.385 e. The molecule has 1 unspecified atom stereocenters. The van der Waals surface area contributed by atoms with Crippen LogP contribution < -0.4 is 5.32 Å². The highest BCUT2D eigenvalue weighted by atomic mass is 16.5. The van der Waals surface area contributed by atoms with E-state index in [1.165, 1.54) is 22.4 Å². The van der Waals surface area contributed by atoms with Crippen LogP contribution in [-0.4, -0.2) is 35.2 Å². The quantitative estimate of drug-likeness (QED) is 0.432. The van der Waals surface area contributed by atoms with E-state index in [1.54, 1.807) is 13.4 Å². The van der Waals surface area contributed by atoms with Gasteiger partial charge in [-0.3, -0.25) is 0 Å². The predicted molar refractivity (Wildman–Crippen MR) is 121 cm³/mol. The maximum Gasteiger partial charge on any atom is 0.141 e. The molecule has 0 bridgehead atoms. The first-order valence-corrected chi connectivity index (χ1v) is 10.5. The Morgan fingerprint density at radius 3 is 2.93 bits per heavy atom. The maximum atomic E-state index is 5.13. The zero-order valence-corrected chi connectivity index (χ0v) is 17.2. The highest BCUT2D eigenvalue weighted by Crippen LogP contribution is 2.37. The molecule has 0 saturated heterocycles.